The highest BCUT2D eigenvalue weighted by Gasteiger charge is 2.37. The number of aryl methyl sites for hydroxylation is 1. The molecule has 1 aliphatic heterocycles. The fourth-order valence-electron chi connectivity index (χ4n) is 3.33. The third kappa shape index (κ3) is 5.65. The molecule has 34 heavy (non-hydrogen) atoms. The number of nitrogens with one attached hydrogen (secondary N) is 2. The number of methoxy groups -OCH3 is 1. The van der Waals surface area contributed by atoms with Gasteiger partial charge in [-0.2, -0.15) is 0 Å². The highest BCUT2D eigenvalue weighted by atomic mass is 16.6. The molecule has 1 heterocycles. The van der Waals surface area contributed by atoms with E-state index in [0.717, 1.165) is 10.6 Å². The number of carbonyl (C=O) groups is 4. The zero-order valence-electron chi connectivity index (χ0n) is 18.4. The number of carbonyl (C=O) groups excluding carboxylic acids is 4. The summed E-state index contributed by atoms with van der Waals surface area (Å²) in [7, 11) is 1.37. The maximum absolute atomic E-state index is 12.4. The van der Waals surface area contributed by atoms with Crippen molar-refractivity contribution in [2.75, 3.05) is 25.6 Å². The SMILES string of the molecule is COc1ccc([N+](=O)[O-])c(NC(=O)COC(=O)[C@H]2CC(=O)N(NC(=O)c3ccccc3C)C2)c1. The predicted molar refractivity (Wildman–Crippen MR) is 118 cm³/mol. The van der Waals surface area contributed by atoms with Crippen molar-refractivity contribution in [2.45, 2.75) is 13.3 Å². The number of nitrogens with zero attached hydrogens (tertiary/aromatic N) is 2. The summed E-state index contributed by atoms with van der Waals surface area (Å²) in [6, 6.07) is 10.6. The van der Waals surface area contributed by atoms with Crippen LogP contribution in [0.15, 0.2) is 42.5 Å². The number of nitro benzene ring substituents is 1. The molecule has 12 heteroatoms. The average Bonchev–Trinajstić information content (AvgIpc) is 3.17. The van der Waals surface area contributed by atoms with Crippen molar-refractivity contribution in [1.82, 2.24) is 10.4 Å². The standard InChI is InChI=1S/C22H22N4O8/c1-13-5-3-4-6-16(13)21(29)24-25-11-14(9-20(25)28)22(30)34-12-19(27)23-17-10-15(33-2)7-8-18(17)26(31)32/h3-8,10,14H,9,11-12H2,1-2H3,(H,23,27)(H,24,29)/t14-/m0/s1. The van der Waals surface area contributed by atoms with Crippen LogP contribution < -0.4 is 15.5 Å². The van der Waals surface area contributed by atoms with E-state index < -0.39 is 41.1 Å². The third-order valence-electron chi connectivity index (χ3n) is 5.10. The van der Waals surface area contributed by atoms with Crippen molar-refractivity contribution in [2.24, 2.45) is 5.92 Å². The van der Waals surface area contributed by atoms with Crippen LogP contribution in [0.4, 0.5) is 11.4 Å². The minimum absolute atomic E-state index is 0.113. The molecule has 3 amide bonds. The fourth-order valence-corrected chi connectivity index (χ4v) is 3.33. The van der Waals surface area contributed by atoms with Crippen LogP contribution in [0.1, 0.15) is 22.3 Å². The van der Waals surface area contributed by atoms with Gasteiger partial charge in [0.1, 0.15) is 11.4 Å². The molecule has 1 atom stereocenters. The Bertz CT molecular complexity index is 1150. The topological polar surface area (TPSA) is 157 Å². The Kier molecular flexibility index (Phi) is 7.41. The summed E-state index contributed by atoms with van der Waals surface area (Å²) < 4.78 is 9.97. The smallest absolute Gasteiger partial charge is 0.311 e. The first-order valence-electron chi connectivity index (χ1n) is 10.2. The first-order valence-corrected chi connectivity index (χ1v) is 10.2. The van der Waals surface area contributed by atoms with E-state index in [2.05, 4.69) is 10.7 Å². The zero-order chi connectivity index (χ0) is 24.8. The van der Waals surface area contributed by atoms with Crippen LogP contribution in [0.5, 0.6) is 5.75 Å². The van der Waals surface area contributed by atoms with Crippen molar-refractivity contribution in [3.05, 3.63) is 63.7 Å². The van der Waals surface area contributed by atoms with Crippen LogP contribution >= 0.6 is 0 Å². The Hall–Kier alpha value is -4.48. The predicted octanol–water partition coefficient (Wildman–Crippen LogP) is 1.59. The largest absolute Gasteiger partial charge is 0.497 e. The summed E-state index contributed by atoms with van der Waals surface area (Å²) in [4.78, 5) is 59.7. The monoisotopic (exact) mass is 470 g/mol. The molecule has 0 saturated carbocycles. The average molecular weight is 470 g/mol. The first-order chi connectivity index (χ1) is 16.2. The molecule has 0 bridgehead atoms. The second-order valence-electron chi connectivity index (χ2n) is 7.46. The molecule has 2 aromatic carbocycles. The van der Waals surface area contributed by atoms with E-state index in [1.807, 2.05) is 0 Å². The Morgan fingerprint density at radius 3 is 2.62 bits per heavy atom. The van der Waals surface area contributed by atoms with Crippen LogP contribution in [0.25, 0.3) is 0 Å². The lowest BCUT2D eigenvalue weighted by Crippen LogP contribution is -2.43. The molecule has 0 radical (unpaired) electrons. The number of anilines is 1. The number of esters is 1. The van der Waals surface area contributed by atoms with E-state index in [9.17, 15) is 29.3 Å². The van der Waals surface area contributed by atoms with Crippen molar-refractivity contribution >= 4 is 35.1 Å². The van der Waals surface area contributed by atoms with Gasteiger partial charge in [0.2, 0.25) is 5.91 Å². The van der Waals surface area contributed by atoms with Gasteiger partial charge in [-0.3, -0.25) is 39.7 Å². The number of nitro groups is 1. The number of amides is 3. The summed E-state index contributed by atoms with van der Waals surface area (Å²) in [5, 5.41) is 14.5. The lowest BCUT2D eigenvalue weighted by atomic mass is 10.1. The van der Waals surface area contributed by atoms with Gasteiger partial charge < -0.3 is 14.8 Å². The fraction of sp³-hybridized carbons (Fsp3) is 0.273. The number of rotatable bonds is 8. The van der Waals surface area contributed by atoms with Gasteiger partial charge in [-0.25, -0.2) is 0 Å². The van der Waals surface area contributed by atoms with Crippen molar-refractivity contribution in [1.29, 1.82) is 0 Å². The molecule has 0 spiro atoms. The molecule has 2 N–H and O–H groups in total. The van der Waals surface area contributed by atoms with Gasteiger partial charge in [0.05, 0.1) is 24.5 Å². The van der Waals surface area contributed by atoms with Crippen LogP contribution in [0.3, 0.4) is 0 Å². The maximum Gasteiger partial charge on any atom is 0.311 e. The Morgan fingerprint density at radius 2 is 1.94 bits per heavy atom. The Balaban J connectivity index is 1.54. The van der Waals surface area contributed by atoms with E-state index in [1.54, 1.807) is 31.2 Å². The summed E-state index contributed by atoms with van der Waals surface area (Å²) in [6.07, 6.45) is -0.199. The zero-order valence-corrected chi connectivity index (χ0v) is 18.4. The molecule has 2 aromatic rings. The molecule has 12 nitrogen and oxygen atoms in total. The minimum atomic E-state index is -0.886. The number of ether oxygens (including phenoxy) is 2. The van der Waals surface area contributed by atoms with Gasteiger partial charge in [0, 0.05) is 24.1 Å². The second-order valence-corrected chi connectivity index (χ2v) is 7.46. The van der Waals surface area contributed by atoms with Gasteiger partial charge in [0.15, 0.2) is 6.61 Å². The molecule has 0 aliphatic carbocycles. The lowest BCUT2D eigenvalue weighted by Gasteiger charge is -2.18. The number of hydrazine groups is 1. The summed E-state index contributed by atoms with van der Waals surface area (Å²) in [5.41, 5.74) is 3.12. The normalized spacial score (nSPS) is 14.9. The molecule has 0 unspecified atom stereocenters. The van der Waals surface area contributed by atoms with E-state index in [-0.39, 0.29) is 30.1 Å². The molecular weight excluding hydrogens is 448 g/mol. The second kappa shape index (κ2) is 10.4. The Labute approximate surface area is 193 Å². The van der Waals surface area contributed by atoms with Gasteiger partial charge in [0.25, 0.3) is 17.5 Å². The molecular formula is C22H22N4O8. The molecule has 1 saturated heterocycles. The van der Waals surface area contributed by atoms with Gasteiger partial charge in [-0.05, 0) is 24.6 Å². The number of benzene rings is 2. The summed E-state index contributed by atoms with van der Waals surface area (Å²) in [5.74, 6) is -3.17. The van der Waals surface area contributed by atoms with Crippen molar-refractivity contribution in [3.8, 4) is 5.75 Å². The van der Waals surface area contributed by atoms with Crippen LogP contribution in [-0.4, -0.2) is 53.9 Å². The van der Waals surface area contributed by atoms with Crippen LogP contribution in [0, 0.1) is 23.0 Å². The number of hydrogen-bond donors (Lipinski definition) is 2. The van der Waals surface area contributed by atoms with Crippen LogP contribution in [-0.2, 0) is 19.1 Å². The van der Waals surface area contributed by atoms with E-state index in [4.69, 9.17) is 9.47 Å². The molecule has 0 aromatic heterocycles. The minimum Gasteiger partial charge on any atom is -0.497 e. The van der Waals surface area contributed by atoms with E-state index in [1.165, 1.54) is 25.3 Å². The maximum atomic E-state index is 12.4. The lowest BCUT2D eigenvalue weighted by molar-refractivity contribution is -0.383. The first kappa shape index (κ1) is 24.2. The highest BCUT2D eigenvalue weighted by Crippen LogP contribution is 2.28. The van der Waals surface area contributed by atoms with Gasteiger partial charge >= 0.3 is 5.97 Å². The van der Waals surface area contributed by atoms with E-state index >= 15 is 0 Å². The summed E-state index contributed by atoms with van der Waals surface area (Å²) in [6.45, 7) is 0.928. The molecule has 1 fully saturated rings. The molecule has 3 rings (SSSR count). The van der Waals surface area contributed by atoms with Gasteiger partial charge in [-0.15, -0.1) is 0 Å². The number of hydrogen-bond acceptors (Lipinski definition) is 8. The van der Waals surface area contributed by atoms with Crippen LogP contribution in [0.2, 0.25) is 0 Å². The van der Waals surface area contributed by atoms with E-state index in [0.29, 0.717) is 5.56 Å². The van der Waals surface area contributed by atoms with Crippen molar-refractivity contribution < 1.29 is 33.6 Å². The summed E-state index contributed by atoms with van der Waals surface area (Å²) >= 11 is 0. The third-order valence-corrected chi connectivity index (χ3v) is 5.10. The quantitative estimate of drug-likeness (QED) is 0.334. The molecule has 178 valence electrons. The Morgan fingerprint density at radius 1 is 1.21 bits per heavy atom. The molecule has 1 aliphatic rings. The highest BCUT2D eigenvalue weighted by molar-refractivity contribution is 5.98. The van der Waals surface area contributed by atoms with Crippen molar-refractivity contribution in [3.63, 3.8) is 0 Å². The van der Waals surface area contributed by atoms with Gasteiger partial charge in [-0.1, -0.05) is 18.2 Å².